The molecule has 14 heavy (non-hydrogen) atoms. The van der Waals surface area contributed by atoms with Crippen molar-refractivity contribution in [2.45, 2.75) is 25.3 Å². The minimum Gasteiger partial charge on any atom is -0.365 e. The van der Waals surface area contributed by atoms with Crippen molar-refractivity contribution in [3.8, 4) is 0 Å². The fraction of sp³-hybridized carbons (Fsp3) is 0.400. The van der Waals surface area contributed by atoms with Gasteiger partial charge in [0.2, 0.25) is 0 Å². The molecular weight excluding hydrogens is 180 g/mol. The van der Waals surface area contributed by atoms with Crippen molar-refractivity contribution in [3.05, 3.63) is 35.4 Å². The van der Waals surface area contributed by atoms with E-state index in [1.165, 1.54) is 11.1 Å². The fourth-order valence-electron chi connectivity index (χ4n) is 1.78. The number of nitrogens with two attached hydrogens (primary N) is 1. The number of fused-ring (bicyclic) bond motifs is 1. The Morgan fingerprint density at radius 3 is 2.86 bits per heavy atom. The highest BCUT2D eigenvalue weighted by atomic mass is 16.7. The number of benzene rings is 1. The highest BCUT2D eigenvalue weighted by molar-refractivity contribution is 5.29. The Hall–Kier alpha value is -0.940. The molecule has 1 aliphatic rings. The smallest absolute Gasteiger partial charge is 0.190 e. The summed E-state index contributed by atoms with van der Waals surface area (Å²) in [5.74, 6) is 4.93. The van der Waals surface area contributed by atoms with Crippen LogP contribution in [0, 0.1) is 0 Å². The van der Waals surface area contributed by atoms with Crippen LogP contribution in [-0.4, -0.2) is 17.4 Å². The van der Waals surface area contributed by atoms with E-state index in [0.717, 1.165) is 13.0 Å². The molecule has 4 N–H and O–H groups in total. The molecule has 0 fully saturated rings. The molecule has 2 rings (SSSR count). The molecule has 0 aliphatic carbocycles. The van der Waals surface area contributed by atoms with Gasteiger partial charge in [0.05, 0.1) is 6.04 Å². The molecule has 0 amide bonds. The molecule has 0 saturated carbocycles. The standard InChI is InChI=1S/C10H14N2O2/c11-14-10(13)9-5-7-3-1-2-4-8(7)6-12-9/h1-4,9-10,12-13H,5-6,11H2. The third-order valence-electron chi connectivity index (χ3n) is 2.60. The quantitative estimate of drug-likeness (QED) is 0.454. The number of rotatable bonds is 2. The van der Waals surface area contributed by atoms with E-state index >= 15 is 0 Å². The lowest BCUT2D eigenvalue weighted by Gasteiger charge is -2.28. The zero-order chi connectivity index (χ0) is 9.97. The van der Waals surface area contributed by atoms with E-state index in [-0.39, 0.29) is 6.04 Å². The molecule has 0 bridgehead atoms. The molecule has 1 heterocycles. The van der Waals surface area contributed by atoms with Crippen LogP contribution in [0.2, 0.25) is 0 Å². The summed E-state index contributed by atoms with van der Waals surface area (Å²) in [4.78, 5) is 4.40. The predicted molar refractivity (Wildman–Crippen MR) is 52.1 cm³/mol. The molecule has 0 spiro atoms. The maximum absolute atomic E-state index is 9.40. The maximum atomic E-state index is 9.40. The highest BCUT2D eigenvalue weighted by Crippen LogP contribution is 2.17. The molecular formula is C10H14N2O2. The molecule has 4 nitrogen and oxygen atoms in total. The summed E-state index contributed by atoms with van der Waals surface area (Å²) in [6, 6.07) is 8.03. The number of aliphatic hydroxyl groups excluding tert-OH is 1. The average Bonchev–Trinajstić information content (AvgIpc) is 2.27. The van der Waals surface area contributed by atoms with Gasteiger partial charge >= 0.3 is 0 Å². The molecule has 0 aromatic heterocycles. The third kappa shape index (κ3) is 1.78. The van der Waals surface area contributed by atoms with Gasteiger partial charge in [-0.15, -0.1) is 0 Å². The number of hydrogen-bond donors (Lipinski definition) is 3. The fourth-order valence-corrected chi connectivity index (χ4v) is 1.78. The van der Waals surface area contributed by atoms with Gasteiger partial charge in [-0.2, -0.15) is 0 Å². The minimum atomic E-state index is -0.941. The Kier molecular flexibility index (Phi) is 2.79. The van der Waals surface area contributed by atoms with Crippen LogP contribution in [0.25, 0.3) is 0 Å². The van der Waals surface area contributed by atoms with Gasteiger partial charge in [0.15, 0.2) is 6.29 Å². The number of hydrogen-bond acceptors (Lipinski definition) is 4. The molecule has 2 atom stereocenters. The van der Waals surface area contributed by atoms with Crippen LogP contribution in [0.1, 0.15) is 11.1 Å². The second-order valence-electron chi connectivity index (χ2n) is 3.49. The summed E-state index contributed by atoms with van der Waals surface area (Å²) >= 11 is 0. The van der Waals surface area contributed by atoms with Crippen LogP contribution in [0.15, 0.2) is 24.3 Å². The summed E-state index contributed by atoms with van der Waals surface area (Å²) in [7, 11) is 0. The third-order valence-corrected chi connectivity index (χ3v) is 2.60. The van der Waals surface area contributed by atoms with E-state index in [1.807, 2.05) is 12.1 Å². The lowest BCUT2D eigenvalue weighted by Crippen LogP contribution is -2.46. The normalized spacial score (nSPS) is 22.9. The Labute approximate surface area is 82.6 Å². The van der Waals surface area contributed by atoms with Crippen LogP contribution >= 0.6 is 0 Å². The largest absolute Gasteiger partial charge is 0.365 e. The van der Waals surface area contributed by atoms with Gasteiger partial charge in [0.1, 0.15) is 0 Å². The van der Waals surface area contributed by atoms with E-state index in [2.05, 4.69) is 22.3 Å². The van der Waals surface area contributed by atoms with Crippen molar-refractivity contribution in [2.75, 3.05) is 0 Å². The van der Waals surface area contributed by atoms with Gasteiger partial charge in [0.25, 0.3) is 0 Å². The van der Waals surface area contributed by atoms with Crippen molar-refractivity contribution >= 4 is 0 Å². The molecule has 0 saturated heterocycles. The van der Waals surface area contributed by atoms with Crippen LogP contribution in [0.4, 0.5) is 0 Å². The van der Waals surface area contributed by atoms with Crippen LogP contribution in [0.3, 0.4) is 0 Å². The van der Waals surface area contributed by atoms with E-state index in [1.54, 1.807) is 0 Å². The molecule has 76 valence electrons. The minimum absolute atomic E-state index is 0.116. The Bertz CT molecular complexity index is 317. The zero-order valence-corrected chi connectivity index (χ0v) is 7.81. The summed E-state index contributed by atoms with van der Waals surface area (Å²) in [5.41, 5.74) is 2.51. The first-order valence-corrected chi connectivity index (χ1v) is 4.65. The van der Waals surface area contributed by atoms with Gasteiger partial charge in [-0.3, -0.25) is 4.84 Å². The summed E-state index contributed by atoms with van der Waals surface area (Å²) in [6.07, 6.45) is -0.197. The van der Waals surface area contributed by atoms with Gasteiger partial charge in [-0.1, -0.05) is 24.3 Å². The van der Waals surface area contributed by atoms with E-state index in [4.69, 9.17) is 5.90 Å². The van der Waals surface area contributed by atoms with Gasteiger partial charge in [-0.25, -0.2) is 5.90 Å². The molecule has 1 aromatic carbocycles. The van der Waals surface area contributed by atoms with Crippen LogP contribution in [-0.2, 0) is 17.8 Å². The lowest BCUT2D eigenvalue weighted by molar-refractivity contribution is -0.123. The van der Waals surface area contributed by atoms with Crippen molar-refractivity contribution in [1.29, 1.82) is 0 Å². The lowest BCUT2D eigenvalue weighted by atomic mass is 9.96. The van der Waals surface area contributed by atoms with Crippen molar-refractivity contribution in [3.63, 3.8) is 0 Å². The molecule has 1 aliphatic heterocycles. The first-order chi connectivity index (χ1) is 6.81. The number of aliphatic hydroxyl groups is 1. The van der Waals surface area contributed by atoms with Crippen molar-refractivity contribution < 1.29 is 9.94 Å². The Balaban J connectivity index is 2.13. The van der Waals surface area contributed by atoms with Gasteiger partial charge < -0.3 is 10.4 Å². The molecule has 0 radical (unpaired) electrons. The van der Waals surface area contributed by atoms with Crippen molar-refractivity contribution in [2.24, 2.45) is 5.90 Å². The topological polar surface area (TPSA) is 67.5 Å². The second kappa shape index (κ2) is 4.06. The highest BCUT2D eigenvalue weighted by Gasteiger charge is 2.24. The number of nitrogens with one attached hydrogen (secondary N) is 1. The van der Waals surface area contributed by atoms with E-state index in [0.29, 0.717) is 0 Å². The first-order valence-electron chi connectivity index (χ1n) is 4.65. The zero-order valence-electron chi connectivity index (χ0n) is 7.81. The summed E-state index contributed by atoms with van der Waals surface area (Å²) < 4.78 is 0. The van der Waals surface area contributed by atoms with E-state index < -0.39 is 6.29 Å². The van der Waals surface area contributed by atoms with Crippen LogP contribution < -0.4 is 11.2 Å². The maximum Gasteiger partial charge on any atom is 0.190 e. The summed E-state index contributed by atoms with van der Waals surface area (Å²) in [5, 5.41) is 12.6. The molecule has 2 unspecified atom stereocenters. The molecule has 4 heteroatoms. The first kappa shape index (κ1) is 9.61. The van der Waals surface area contributed by atoms with Gasteiger partial charge in [-0.05, 0) is 17.5 Å². The predicted octanol–water partition coefficient (Wildman–Crippen LogP) is -0.0904. The van der Waals surface area contributed by atoms with Crippen LogP contribution in [0.5, 0.6) is 0 Å². The monoisotopic (exact) mass is 194 g/mol. The average molecular weight is 194 g/mol. The summed E-state index contributed by atoms with van der Waals surface area (Å²) in [6.45, 7) is 0.751. The second-order valence-corrected chi connectivity index (χ2v) is 3.49. The van der Waals surface area contributed by atoms with Crippen molar-refractivity contribution in [1.82, 2.24) is 5.32 Å². The Morgan fingerprint density at radius 1 is 1.43 bits per heavy atom. The van der Waals surface area contributed by atoms with E-state index in [9.17, 15) is 5.11 Å². The SMILES string of the molecule is NOC(O)C1Cc2ccccc2CN1. The molecule has 1 aromatic rings. The van der Waals surface area contributed by atoms with Gasteiger partial charge in [0, 0.05) is 6.54 Å². The Morgan fingerprint density at radius 2 is 2.14 bits per heavy atom.